The number of nitrogens with one attached hydrogen (secondary N) is 2. The van der Waals surface area contributed by atoms with Crippen LogP contribution in [0.4, 0.5) is 37.0 Å². The zero-order valence-corrected chi connectivity index (χ0v) is 20.9. The number of amides is 2. The van der Waals surface area contributed by atoms with Gasteiger partial charge in [0.2, 0.25) is 0 Å². The molecule has 2 aromatic rings. The Labute approximate surface area is 216 Å². The normalized spacial score (nSPS) is 19.2. The molecule has 0 aromatic carbocycles. The van der Waals surface area contributed by atoms with Crippen molar-refractivity contribution in [2.24, 2.45) is 4.99 Å². The van der Waals surface area contributed by atoms with Gasteiger partial charge >= 0.3 is 18.2 Å². The average molecular weight is 568 g/mol. The molecule has 0 saturated heterocycles. The Morgan fingerprint density at radius 1 is 1.16 bits per heavy atom. The third-order valence-electron chi connectivity index (χ3n) is 4.97. The zero-order valence-electron chi connectivity index (χ0n) is 20.1. The van der Waals surface area contributed by atoms with Gasteiger partial charge in [0, 0.05) is 6.20 Å². The van der Waals surface area contributed by atoms with Gasteiger partial charge in [0.1, 0.15) is 28.6 Å². The molecule has 0 bridgehead atoms. The van der Waals surface area contributed by atoms with E-state index in [-0.39, 0.29) is 0 Å². The molecule has 16 heteroatoms. The molecule has 1 aliphatic rings. The van der Waals surface area contributed by atoms with Gasteiger partial charge in [-0.15, -0.1) is 0 Å². The van der Waals surface area contributed by atoms with Gasteiger partial charge < -0.3 is 14.8 Å². The van der Waals surface area contributed by atoms with Crippen molar-refractivity contribution in [3.05, 3.63) is 52.2 Å². The number of ether oxygens (including phenoxy) is 2. The molecule has 0 spiro atoms. The Morgan fingerprint density at radius 2 is 1.82 bits per heavy atom. The number of carbonyl (C=O) groups is 2. The van der Waals surface area contributed by atoms with Crippen LogP contribution in [0.15, 0.2) is 29.4 Å². The molecule has 0 aliphatic carbocycles. The number of nitrogens with zero attached hydrogens (tertiary/aromatic N) is 3. The number of hydrogen-bond acceptors (Lipinski definition) is 7. The number of aliphatic imine (C=N–C) groups is 1. The number of carbonyl (C=O) groups excluding carboxylic acids is 2. The summed E-state index contributed by atoms with van der Waals surface area (Å²) < 4.78 is 93.0. The van der Waals surface area contributed by atoms with Crippen molar-refractivity contribution < 1.29 is 45.4 Å². The summed E-state index contributed by atoms with van der Waals surface area (Å²) >= 11 is 5.75. The van der Waals surface area contributed by atoms with Gasteiger partial charge in [-0.3, -0.25) is 4.79 Å². The van der Waals surface area contributed by atoms with Gasteiger partial charge in [-0.25, -0.2) is 29.5 Å². The van der Waals surface area contributed by atoms with Crippen molar-refractivity contribution in [1.82, 2.24) is 15.3 Å². The van der Waals surface area contributed by atoms with E-state index < -0.39 is 81.5 Å². The highest BCUT2D eigenvalue weighted by atomic mass is 35.5. The van der Waals surface area contributed by atoms with Crippen LogP contribution in [0.5, 0.6) is 0 Å². The first kappa shape index (κ1) is 28.9. The highest BCUT2D eigenvalue weighted by Gasteiger charge is 2.58. The maximum atomic E-state index is 15.0. The Morgan fingerprint density at radius 3 is 2.39 bits per heavy atom. The molecule has 38 heavy (non-hydrogen) atoms. The number of anilines is 1. The lowest BCUT2D eigenvalue weighted by atomic mass is 9.89. The zero-order chi connectivity index (χ0) is 28.7. The van der Waals surface area contributed by atoms with Crippen molar-refractivity contribution in [3.8, 4) is 0 Å². The minimum Gasteiger partial charge on any atom is -0.458 e. The average Bonchev–Trinajstić information content (AvgIpc) is 2.75. The summed E-state index contributed by atoms with van der Waals surface area (Å²) in [6.45, 7) is 4.18. The molecule has 3 rings (SSSR count). The van der Waals surface area contributed by atoms with E-state index in [2.05, 4.69) is 25.6 Å². The molecule has 0 fully saturated rings. The topological polar surface area (TPSA) is 115 Å². The highest BCUT2D eigenvalue weighted by molar-refractivity contribution is 6.34. The van der Waals surface area contributed by atoms with Crippen LogP contribution in [0.3, 0.4) is 0 Å². The van der Waals surface area contributed by atoms with Crippen molar-refractivity contribution in [3.63, 3.8) is 0 Å². The van der Waals surface area contributed by atoms with Crippen LogP contribution in [0.1, 0.15) is 49.4 Å². The predicted octanol–water partition coefficient (Wildman–Crippen LogP) is 5.30. The van der Waals surface area contributed by atoms with Crippen molar-refractivity contribution in [1.29, 1.82) is 0 Å². The van der Waals surface area contributed by atoms with E-state index in [0.717, 1.165) is 13.0 Å². The van der Waals surface area contributed by atoms with Gasteiger partial charge in [-0.05, 0) is 45.9 Å². The Kier molecular flexibility index (Phi) is 7.56. The maximum absolute atomic E-state index is 15.0. The fourth-order valence-electron chi connectivity index (χ4n) is 3.09. The van der Waals surface area contributed by atoms with E-state index in [4.69, 9.17) is 21.1 Å². The SMILES string of the molecule is CC(C)(C)OC(=O)NC1=N[C@](C)(c2nc(NC(=O)c3ncc(C(F)(F)F)cc3Cl)ccc2F)C(F)(F)CO1. The molecule has 3 heterocycles. The number of amidine groups is 1. The summed E-state index contributed by atoms with van der Waals surface area (Å²) in [4.78, 5) is 35.4. The summed E-state index contributed by atoms with van der Waals surface area (Å²) in [6.07, 6.45) is -5.46. The fraction of sp³-hybridized carbons (Fsp3) is 0.409. The molecular weight excluding hydrogens is 548 g/mol. The second-order valence-corrected chi connectivity index (χ2v) is 9.55. The van der Waals surface area contributed by atoms with Gasteiger partial charge in [0.05, 0.1) is 10.6 Å². The van der Waals surface area contributed by atoms with Crippen LogP contribution >= 0.6 is 11.6 Å². The number of hydrogen-bond donors (Lipinski definition) is 2. The lowest BCUT2D eigenvalue weighted by Gasteiger charge is -2.37. The van der Waals surface area contributed by atoms with Crippen LogP contribution in [0, 0.1) is 5.82 Å². The van der Waals surface area contributed by atoms with E-state index in [1.165, 1.54) is 0 Å². The molecule has 9 nitrogen and oxygen atoms in total. The number of halogens is 7. The standard InChI is InChI=1S/C22H20ClF6N5O4/c1-19(2,3)38-18(36)33-17-34-20(4,21(25,26)9-37-17)15-12(24)5-6-13(31-15)32-16(35)14-11(23)7-10(8-30-14)22(27,28)29/h5-8H,9H2,1-4H3,(H,31,32,35)(H,33,34,36)/t20-/m1/s1. The molecule has 0 unspecified atom stereocenters. The van der Waals surface area contributed by atoms with Crippen LogP contribution in [0.2, 0.25) is 5.02 Å². The largest absolute Gasteiger partial charge is 0.458 e. The molecule has 2 N–H and O–H groups in total. The van der Waals surface area contributed by atoms with Crippen LogP contribution in [0.25, 0.3) is 0 Å². The Bertz CT molecular complexity index is 1300. The summed E-state index contributed by atoms with van der Waals surface area (Å²) in [7, 11) is 0. The summed E-state index contributed by atoms with van der Waals surface area (Å²) in [5.74, 6) is -6.70. The number of alkyl carbamates (subject to hydrolysis) is 1. The van der Waals surface area contributed by atoms with E-state index >= 15 is 0 Å². The molecule has 2 amide bonds. The number of alkyl halides is 5. The second-order valence-electron chi connectivity index (χ2n) is 9.14. The van der Waals surface area contributed by atoms with E-state index in [9.17, 15) is 35.9 Å². The molecule has 0 saturated carbocycles. The number of pyridine rings is 2. The van der Waals surface area contributed by atoms with Crippen LogP contribution in [-0.4, -0.2) is 46.1 Å². The lowest BCUT2D eigenvalue weighted by molar-refractivity contribution is -0.137. The third-order valence-corrected chi connectivity index (χ3v) is 5.26. The summed E-state index contributed by atoms with van der Waals surface area (Å²) in [5.41, 5.74) is -6.43. The van der Waals surface area contributed by atoms with E-state index in [0.29, 0.717) is 18.3 Å². The van der Waals surface area contributed by atoms with Crippen LogP contribution < -0.4 is 10.6 Å². The second kappa shape index (κ2) is 9.93. The van der Waals surface area contributed by atoms with E-state index in [1.54, 1.807) is 20.8 Å². The monoisotopic (exact) mass is 567 g/mol. The summed E-state index contributed by atoms with van der Waals surface area (Å²) in [6, 6.07) is 1.42. The Hall–Kier alpha value is -3.62. The van der Waals surface area contributed by atoms with Crippen molar-refractivity contribution >= 4 is 35.4 Å². The van der Waals surface area contributed by atoms with E-state index in [1.807, 2.05) is 0 Å². The van der Waals surface area contributed by atoms with Gasteiger partial charge in [0.15, 0.2) is 12.1 Å². The molecule has 2 aromatic heterocycles. The smallest absolute Gasteiger partial charge is 0.417 e. The molecule has 0 radical (unpaired) electrons. The molecule has 1 aliphatic heterocycles. The van der Waals surface area contributed by atoms with Gasteiger partial charge in [-0.1, -0.05) is 11.6 Å². The first-order valence-electron chi connectivity index (χ1n) is 10.6. The Balaban J connectivity index is 1.93. The van der Waals surface area contributed by atoms with Crippen molar-refractivity contribution in [2.75, 3.05) is 11.9 Å². The van der Waals surface area contributed by atoms with Crippen molar-refractivity contribution in [2.45, 2.75) is 50.9 Å². The maximum Gasteiger partial charge on any atom is 0.417 e. The highest BCUT2D eigenvalue weighted by Crippen LogP contribution is 2.44. The minimum atomic E-state index is -4.76. The third kappa shape index (κ3) is 6.26. The first-order valence-corrected chi connectivity index (χ1v) is 11.0. The predicted molar refractivity (Wildman–Crippen MR) is 121 cm³/mol. The fourth-order valence-corrected chi connectivity index (χ4v) is 3.34. The molecular formula is C22H20ClF6N5O4. The number of aromatic nitrogens is 2. The molecule has 1 atom stereocenters. The first-order chi connectivity index (χ1) is 17.3. The summed E-state index contributed by atoms with van der Waals surface area (Å²) in [5, 5.41) is 3.53. The van der Waals surface area contributed by atoms with Crippen LogP contribution in [-0.2, 0) is 21.2 Å². The van der Waals surface area contributed by atoms with Gasteiger partial charge in [-0.2, -0.15) is 22.0 Å². The quantitative estimate of drug-likeness (QED) is 0.486. The molecule has 206 valence electrons. The lowest BCUT2D eigenvalue weighted by Crippen LogP contribution is -2.53. The number of rotatable bonds is 3. The minimum absolute atomic E-state index is 0.377. The van der Waals surface area contributed by atoms with Gasteiger partial charge in [0.25, 0.3) is 11.9 Å².